The predicted molar refractivity (Wildman–Crippen MR) is 74.9 cm³/mol. The lowest BCUT2D eigenvalue weighted by Gasteiger charge is -2.20. The fourth-order valence-electron chi connectivity index (χ4n) is 1.33. The highest BCUT2D eigenvalue weighted by Crippen LogP contribution is 2.23. The van der Waals surface area contributed by atoms with Crippen molar-refractivity contribution in [3.8, 4) is 11.8 Å². The zero-order valence-corrected chi connectivity index (χ0v) is 12.8. The van der Waals surface area contributed by atoms with Gasteiger partial charge in [-0.05, 0) is 12.3 Å². The Balaban J connectivity index is 2.26. The van der Waals surface area contributed by atoms with E-state index < -0.39 is 6.10 Å². The summed E-state index contributed by atoms with van der Waals surface area (Å²) in [5, 5.41) is 13.0. The highest BCUT2D eigenvalue weighted by molar-refractivity contribution is 6.99. The van der Waals surface area contributed by atoms with Crippen molar-refractivity contribution < 1.29 is 14.6 Å². The van der Waals surface area contributed by atoms with Crippen molar-refractivity contribution in [1.82, 2.24) is 14.1 Å². The molecule has 0 aliphatic carbocycles. The second-order valence-corrected chi connectivity index (χ2v) is 5.99. The zero-order chi connectivity index (χ0) is 14.3. The molecule has 1 aromatic rings. The quantitative estimate of drug-likeness (QED) is 0.751. The molecule has 2 N–H and O–H groups in total. The Bertz CT molecular complexity index is 365. The molecule has 1 unspecified atom stereocenters. The Labute approximate surface area is 118 Å². The van der Waals surface area contributed by atoms with Gasteiger partial charge >= 0.3 is 0 Å². The predicted octanol–water partition coefficient (Wildman–Crippen LogP) is 1.31. The first-order valence-electron chi connectivity index (χ1n) is 6.39. The summed E-state index contributed by atoms with van der Waals surface area (Å²) in [6, 6.07) is 0. The van der Waals surface area contributed by atoms with Gasteiger partial charge in [0, 0.05) is 13.1 Å². The minimum Gasteiger partial charge on any atom is -0.473 e. The van der Waals surface area contributed by atoms with E-state index in [-0.39, 0.29) is 12.0 Å². The number of ether oxygens (including phenoxy) is 2. The molecule has 0 aliphatic rings. The molecule has 7 heteroatoms. The molecule has 19 heavy (non-hydrogen) atoms. The number of nitrogens with zero attached hydrogens (tertiary/aromatic N) is 2. The summed E-state index contributed by atoms with van der Waals surface area (Å²) in [5.74, 6) is 0.740. The number of aromatic nitrogens is 2. The van der Waals surface area contributed by atoms with Crippen LogP contribution in [0, 0.1) is 5.41 Å². The van der Waals surface area contributed by atoms with Crippen molar-refractivity contribution in [2.75, 3.05) is 26.3 Å². The van der Waals surface area contributed by atoms with E-state index in [0.717, 1.165) is 18.3 Å². The van der Waals surface area contributed by atoms with Crippen molar-refractivity contribution >= 4 is 11.7 Å². The molecule has 0 bridgehead atoms. The Morgan fingerprint density at radius 3 is 2.47 bits per heavy atom. The van der Waals surface area contributed by atoms with Gasteiger partial charge in [0.15, 0.2) is 0 Å². The van der Waals surface area contributed by atoms with E-state index in [4.69, 9.17) is 9.47 Å². The third-order valence-electron chi connectivity index (χ3n) is 2.16. The summed E-state index contributed by atoms with van der Waals surface area (Å²) in [4.78, 5) is 0. The first-order chi connectivity index (χ1) is 8.92. The number of aliphatic hydroxyl groups is 1. The topological polar surface area (TPSA) is 76.5 Å². The first kappa shape index (κ1) is 16.1. The van der Waals surface area contributed by atoms with Crippen LogP contribution in [0.2, 0.25) is 0 Å². The monoisotopic (exact) mass is 289 g/mol. The largest absolute Gasteiger partial charge is 0.473 e. The number of hydrogen-bond acceptors (Lipinski definition) is 7. The van der Waals surface area contributed by atoms with E-state index in [1.165, 1.54) is 0 Å². The van der Waals surface area contributed by atoms with Crippen molar-refractivity contribution in [2.24, 2.45) is 5.41 Å². The maximum absolute atomic E-state index is 9.79. The molecule has 1 heterocycles. The van der Waals surface area contributed by atoms with Gasteiger partial charge in [-0.3, -0.25) is 0 Å². The zero-order valence-electron chi connectivity index (χ0n) is 12.0. The molecule has 0 amide bonds. The molecular weight excluding hydrogens is 266 g/mol. The molecule has 1 aromatic heterocycles. The lowest BCUT2D eigenvalue weighted by Crippen LogP contribution is -2.36. The summed E-state index contributed by atoms with van der Waals surface area (Å²) < 4.78 is 18.6. The number of aliphatic hydroxyl groups excluding tert-OH is 1. The Morgan fingerprint density at radius 1 is 1.26 bits per heavy atom. The van der Waals surface area contributed by atoms with Crippen LogP contribution in [0.3, 0.4) is 0 Å². The molecule has 0 fully saturated rings. The van der Waals surface area contributed by atoms with Gasteiger partial charge < -0.3 is 19.9 Å². The van der Waals surface area contributed by atoms with Crippen molar-refractivity contribution in [1.29, 1.82) is 0 Å². The van der Waals surface area contributed by atoms with Crippen LogP contribution >= 0.6 is 11.7 Å². The molecule has 0 aliphatic heterocycles. The van der Waals surface area contributed by atoms with Gasteiger partial charge in [-0.15, -0.1) is 8.75 Å². The maximum Gasteiger partial charge on any atom is 0.291 e. The lowest BCUT2D eigenvalue weighted by molar-refractivity contribution is 0.0996. The normalized spacial score (nSPS) is 13.3. The van der Waals surface area contributed by atoms with Gasteiger partial charge in [0.2, 0.25) is 0 Å². The van der Waals surface area contributed by atoms with Crippen molar-refractivity contribution in [3.05, 3.63) is 0 Å². The highest BCUT2D eigenvalue weighted by Gasteiger charge is 2.14. The minimum absolute atomic E-state index is 0.169. The third kappa shape index (κ3) is 6.70. The van der Waals surface area contributed by atoms with Crippen LogP contribution in [-0.4, -0.2) is 46.3 Å². The molecule has 6 nitrogen and oxygen atoms in total. The molecule has 0 saturated carbocycles. The second kappa shape index (κ2) is 7.62. The van der Waals surface area contributed by atoms with Gasteiger partial charge in [0.25, 0.3) is 11.8 Å². The van der Waals surface area contributed by atoms with Crippen LogP contribution in [0.4, 0.5) is 0 Å². The SMILES string of the molecule is CCOc1nsnc1OCC(O)CNCC(C)(C)C. The average molecular weight is 289 g/mol. The summed E-state index contributed by atoms with van der Waals surface area (Å²) in [7, 11) is 0. The lowest BCUT2D eigenvalue weighted by atomic mass is 9.97. The second-order valence-electron chi connectivity index (χ2n) is 5.46. The molecule has 0 aromatic carbocycles. The van der Waals surface area contributed by atoms with Crippen LogP contribution in [-0.2, 0) is 0 Å². The van der Waals surface area contributed by atoms with Crippen LogP contribution in [0.5, 0.6) is 11.8 Å². The van der Waals surface area contributed by atoms with E-state index in [1.807, 2.05) is 6.92 Å². The highest BCUT2D eigenvalue weighted by atomic mass is 32.1. The van der Waals surface area contributed by atoms with E-state index in [2.05, 4.69) is 34.8 Å². The average Bonchev–Trinajstić information content (AvgIpc) is 2.73. The summed E-state index contributed by atoms with van der Waals surface area (Å²) in [5.41, 5.74) is 0.196. The van der Waals surface area contributed by atoms with Crippen molar-refractivity contribution in [3.63, 3.8) is 0 Å². The maximum atomic E-state index is 9.79. The molecule has 1 atom stereocenters. The Morgan fingerprint density at radius 2 is 1.89 bits per heavy atom. The van der Waals surface area contributed by atoms with Crippen LogP contribution in [0.15, 0.2) is 0 Å². The summed E-state index contributed by atoms with van der Waals surface area (Å²) in [6.45, 7) is 10.3. The molecule has 110 valence electrons. The van der Waals surface area contributed by atoms with Gasteiger partial charge in [-0.2, -0.15) is 0 Å². The van der Waals surface area contributed by atoms with Crippen LogP contribution in [0.25, 0.3) is 0 Å². The number of rotatable bonds is 8. The molecule has 0 spiro atoms. The Kier molecular flexibility index (Phi) is 6.47. The van der Waals surface area contributed by atoms with Gasteiger partial charge in [0.1, 0.15) is 12.7 Å². The smallest absolute Gasteiger partial charge is 0.291 e. The fourth-order valence-corrected chi connectivity index (χ4v) is 1.78. The summed E-state index contributed by atoms with van der Waals surface area (Å²) in [6.07, 6.45) is -0.585. The fraction of sp³-hybridized carbons (Fsp3) is 0.833. The van der Waals surface area contributed by atoms with Crippen molar-refractivity contribution in [2.45, 2.75) is 33.8 Å². The van der Waals surface area contributed by atoms with Gasteiger partial charge in [-0.25, -0.2) is 0 Å². The minimum atomic E-state index is -0.585. The van der Waals surface area contributed by atoms with E-state index in [1.54, 1.807) is 0 Å². The summed E-state index contributed by atoms with van der Waals surface area (Å²) >= 11 is 1.03. The first-order valence-corrected chi connectivity index (χ1v) is 7.12. The van der Waals surface area contributed by atoms with Crippen LogP contribution < -0.4 is 14.8 Å². The number of nitrogens with one attached hydrogen (secondary N) is 1. The van der Waals surface area contributed by atoms with E-state index in [9.17, 15) is 5.11 Å². The number of hydrogen-bond donors (Lipinski definition) is 2. The molecule has 0 saturated heterocycles. The molecule has 0 radical (unpaired) electrons. The van der Waals surface area contributed by atoms with Gasteiger partial charge in [0.05, 0.1) is 18.3 Å². The Hall–Kier alpha value is -0.920. The van der Waals surface area contributed by atoms with E-state index >= 15 is 0 Å². The van der Waals surface area contributed by atoms with Crippen LogP contribution in [0.1, 0.15) is 27.7 Å². The molecular formula is C12H23N3O3S. The standard InChI is InChI=1S/C12H23N3O3S/c1-5-17-10-11(15-19-14-10)18-7-9(16)6-13-8-12(2,3)4/h9,13,16H,5-8H2,1-4H3. The van der Waals surface area contributed by atoms with Gasteiger partial charge in [-0.1, -0.05) is 20.8 Å². The van der Waals surface area contributed by atoms with E-state index in [0.29, 0.717) is 24.9 Å². The molecule has 1 rings (SSSR count). The third-order valence-corrected chi connectivity index (χ3v) is 2.65.